The Balaban J connectivity index is 2.22. The standard InChI is InChI=1S/C10H14O2/c1-7-8(6-11)10-5-3-2-4-9(7)12-10/h2-5,7-11H,6H2,1H3/t7-,8+,9+,10-/m0/s1. The molecule has 2 heterocycles. The Morgan fingerprint density at radius 3 is 2.58 bits per heavy atom. The SMILES string of the molecule is C[C@H]1[C@@H](CO)[C@@H]2C=CC=C[C@H]1O2. The van der Waals surface area contributed by atoms with E-state index in [1.54, 1.807) is 0 Å². The molecule has 0 aromatic rings. The molecule has 0 radical (unpaired) electrons. The van der Waals surface area contributed by atoms with E-state index in [1.807, 2.05) is 18.2 Å². The summed E-state index contributed by atoms with van der Waals surface area (Å²) in [6.45, 7) is 2.36. The molecule has 0 unspecified atom stereocenters. The third kappa shape index (κ3) is 1.11. The summed E-state index contributed by atoms with van der Waals surface area (Å²) in [5.74, 6) is 0.706. The molecule has 1 fully saturated rings. The van der Waals surface area contributed by atoms with Crippen LogP contribution < -0.4 is 0 Å². The fraction of sp³-hybridized carbons (Fsp3) is 0.600. The van der Waals surface area contributed by atoms with Crippen molar-refractivity contribution in [3.8, 4) is 0 Å². The number of aliphatic hydroxyl groups excluding tert-OH is 1. The normalized spacial score (nSPS) is 44.8. The topological polar surface area (TPSA) is 29.5 Å². The van der Waals surface area contributed by atoms with Crippen LogP contribution in [0.25, 0.3) is 0 Å². The maximum Gasteiger partial charge on any atom is 0.0820 e. The van der Waals surface area contributed by atoms with E-state index < -0.39 is 0 Å². The zero-order chi connectivity index (χ0) is 8.55. The lowest BCUT2D eigenvalue weighted by molar-refractivity contribution is 0.0773. The van der Waals surface area contributed by atoms with Crippen LogP contribution in [0.4, 0.5) is 0 Å². The zero-order valence-corrected chi connectivity index (χ0v) is 7.18. The van der Waals surface area contributed by atoms with E-state index >= 15 is 0 Å². The minimum atomic E-state index is 0.116. The van der Waals surface area contributed by atoms with Crippen LogP contribution in [-0.4, -0.2) is 23.9 Å². The molecule has 0 aromatic heterocycles. The van der Waals surface area contributed by atoms with E-state index in [2.05, 4.69) is 13.0 Å². The first kappa shape index (κ1) is 8.02. The highest BCUT2D eigenvalue weighted by Crippen LogP contribution is 2.34. The van der Waals surface area contributed by atoms with Gasteiger partial charge < -0.3 is 9.84 Å². The second-order valence-electron chi connectivity index (χ2n) is 3.54. The fourth-order valence-electron chi connectivity index (χ4n) is 1.98. The van der Waals surface area contributed by atoms with Crippen molar-refractivity contribution in [2.45, 2.75) is 19.1 Å². The number of hydrogen-bond donors (Lipinski definition) is 1. The summed E-state index contributed by atoms with van der Waals surface area (Å²) < 4.78 is 5.70. The average Bonchev–Trinajstić information content (AvgIpc) is 2.25. The van der Waals surface area contributed by atoms with Crippen LogP contribution in [0.2, 0.25) is 0 Å². The summed E-state index contributed by atoms with van der Waals surface area (Å²) in [5, 5.41) is 9.14. The van der Waals surface area contributed by atoms with Crippen LogP contribution in [0.15, 0.2) is 24.3 Å². The Morgan fingerprint density at radius 1 is 1.25 bits per heavy atom. The van der Waals surface area contributed by atoms with Crippen molar-refractivity contribution in [1.82, 2.24) is 0 Å². The Hall–Kier alpha value is -0.600. The molecular formula is C10H14O2. The van der Waals surface area contributed by atoms with Gasteiger partial charge in [0.15, 0.2) is 0 Å². The van der Waals surface area contributed by atoms with Gasteiger partial charge in [0, 0.05) is 12.5 Å². The van der Waals surface area contributed by atoms with Gasteiger partial charge in [-0.15, -0.1) is 0 Å². The molecule has 1 saturated heterocycles. The van der Waals surface area contributed by atoms with Crippen molar-refractivity contribution in [1.29, 1.82) is 0 Å². The van der Waals surface area contributed by atoms with E-state index in [-0.39, 0.29) is 24.7 Å². The molecule has 2 rings (SSSR count). The van der Waals surface area contributed by atoms with Gasteiger partial charge in [0.1, 0.15) is 0 Å². The summed E-state index contributed by atoms with van der Waals surface area (Å²) >= 11 is 0. The van der Waals surface area contributed by atoms with E-state index in [0.29, 0.717) is 5.92 Å². The maximum atomic E-state index is 9.14. The Morgan fingerprint density at radius 2 is 1.92 bits per heavy atom. The summed E-state index contributed by atoms with van der Waals surface area (Å²) in [7, 11) is 0. The van der Waals surface area contributed by atoms with Crippen LogP contribution >= 0.6 is 0 Å². The number of rotatable bonds is 1. The molecule has 0 amide bonds. The van der Waals surface area contributed by atoms with E-state index in [1.165, 1.54) is 0 Å². The minimum Gasteiger partial charge on any atom is -0.396 e. The van der Waals surface area contributed by atoms with Gasteiger partial charge in [-0.3, -0.25) is 0 Å². The largest absolute Gasteiger partial charge is 0.396 e. The zero-order valence-electron chi connectivity index (χ0n) is 7.18. The van der Waals surface area contributed by atoms with Gasteiger partial charge in [-0.1, -0.05) is 31.2 Å². The Kier molecular flexibility index (Phi) is 2.03. The predicted octanol–water partition coefficient (Wildman–Crippen LogP) is 1.12. The van der Waals surface area contributed by atoms with E-state index in [0.717, 1.165) is 0 Å². The highest BCUT2D eigenvalue weighted by atomic mass is 16.5. The van der Waals surface area contributed by atoms with Crippen LogP contribution in [-0.2, 0) is 4.74 Å². The van der Waals surface area contributed by atoms with Crippen LogP contribution in [0.1, 0.15) is 6.92 Å². The van der Waals surface area contributed by atoms with Crippen LogP contribution in [0, 0.1) is 11.8 Å². The molecule has 12 heavy (non-hydrogen) atoms. The highest BCUT2D eigenvalue weighted by Gasteiger charge is 2.39. The van der Waals surface area contributed by atoms with Crippen molar-refractivity contribution in [2.24, 2.45) is 11.8 Å². The van der Waals surface area contributed by atoms with E-state index in [4.69, 9.17) is 9.84 Å². The van der Waals surface area contributed by atoms with Crippen molar-refractivity contribution in [3.63, 3.8) is 0 Å². The van der Waals surface area contributed by atoms with Crippen molar-refractivity contribution in [2.75, 3.05) is 6.61 Å². The lowest BCUT2D eigenvalue weighted by Gasteiger charge is -2.15. The summed E-state index contributed by atoms with van der Waals surface area (Å²) in [6, 6.07) is 0. The molecular weight excluding hydrogens is 152 g/mol. The molecule has 2 heteroatoms. The second kappa shape index (κ2) is 3.04. The monoisotopic (exact) mass is 166 g/mol. The Labute approximate surface area is 72.5 Å². The van der Waals surface area contributed by atoms with Gasteiger partial charge in [-0.2, -0.15) is 0 Å². The first-order chi connectivity index (χ1) is 5.83. The smallest absolute Gasteiger partial charge is 0.0820 e. The molecule has 66 valence electrons. The first-order valence-corrected chi connectivity index (χ1v) is 4.44. The van der Waals surface area contributed by atoms with Gasteiger partial charge in [-0.25, -0.2) is 0 Å². The maximum absolute atomic E-state index is 9.14. The fourth-order valence-corrected chi connectivity index (χ4v) is 1.98. The molecule has 2 bridgehead atoms. The third-order valence-corrected chi connectivity index (χ3v) is 2.85. The molecule has 0 saturated carbocycles. The van der Waals surface area contributed by atoms with Gasteiger partial charge in [-0.05, 0) is 5.92 Å². The Bertz CT molecular complexity index is 220. The molecule has 0 aromatic carbocycles. The summed E-state index contributed by atoms with van der Waals surface area (Å²) in [6.07, 6.45) is 8.43. The summed E-state index contributed by atoms with van der Waals surface area (Å²) in [5.41, 5.74) is 0. The molecule has 0 spiro atoms. The molecule has 2 nitrogen and oxygen atoms in total. The molecule has 0 aliphatic carbocycles. The average molecular weight is 166 g/mol. The lowest BCUT2D eigenvalue weighted by Crippen LogP contribution is -2.22. The number of ether oxygens (including phenoxy) is 1. The van der Waals surface area contributed by atoms with E-state index in [9.17, 15) is 0 Å². The lowest BCUT2D eigenvalue weighted by atomic mass is 9.88. The van der Waals surface area contributed by atoms with Gasteiger partial charge in [0.2, 0.25) is 0 Å². The minimum absolute atomic E-state index is 0.116. The van der Waals surface area contributed by atoms with Gasteiger partial charge in [0.05, 0.1) is 12.2 Å². The predicted molar refractivity (Wildman–Crippen MR) is 46.7 cm³/mol. The second-order valence-corrected chi connectivity index (χ2v) is 3.54. The number of aliphatic hydroxyl groups is 1. The first-order valence-electron chi connectivity index (χ1n) is 4.44. The van der Waals surface area contributed by atoms with Gasteiger partial charge in [0.25, 0.3) is 0 Å². The van der Waals surface area contributed by atoms with Crippen LogP contribution in [0.3, 0.4) is 0 Å². The molecule has 2 aliphatic rings. The van der Waals surface area contributed by atoms with Gasteiger partial charge >= 0.3 is 0 Å². The molecule has 1 N–H and O–H groups in total. The van der Waals surface area contributed by atoms with Crippen molar-refractivity contribution < 1.29 is 9.84 Å². The summed E-state index contributed by atoms with van der Waals surface area (Å²) in [4.78, 5) is 0. The van der Waals surface area contributed by atoms with Crippen LogP contribution in [0.5, 0.6) is 0 Å². The highest BCUT2D eigenvalue weighted by molar-refractivity contribution is 5.16. The number of allylic oxidation sites excluding steroid dienone is 2. The third-order valence-electron chi connectivity index (χ3n) is 2.85. The quantitative estimate of drug-likeness (QED) is 0.632. The number of hydrogen-bond acceptors (Lipinski definition) is 2. The van der Waals surface area contributed by atoms with Crippen molar-refractivity contribution in [3.05, 3.63) is 24.3 Å². The molecule has 4 atom stereocenters. The van der Waals surface area contributed by atoms with Crippen molar-refractivity contribution >= 4 is 0 Å². The number of fused-ring (bicyclic) bond motifs is 2. The molecule has 2 aliphatic heterocycles.